The number of amides is 2. The van der Waals surface area contributed by atoms with Crippen LogP contribution in [-0.4, -0.2) is 18.4 Å². The third-order valence-corrected chi connectivity index (χ3v) is 3.61. The smallest absolute Gasteiger partial charge is 0.313 e. The molecule has 1 fully saturated rings. The molecule has 1 aliphatic carbocycles. The molecule has 0 bridgehead atoms. The van der Waals surface area contributed by atoms with Gasteiger partial charge >= 0.3 is 11.8 Å². The van der Waals surface area contributed by atoms with Crippen molar-refractivity contribution in [1.29, 1.82) is 0 Å². The normalized spacial score (nSPS) is 14.6. The van der Waals surface area contributed by atoms with E-state index in [-0.39, 0.29) is 0 Å². The van der Waals surface area contributed by atoms with Gasteiger partial charge in [0.25, 0.3) is 0 Å². The zero-order valence-corrected chi connectivity index (χ0v) is 11.5. The van der Waals surface area contributed by atoms with Crippen LogP contribution in [-0.2, 0) is 9.59 Å². The lowest BCUT2D eigenvalue weighted by Gasteiger charge is -2.25. The van der Waals surface area contributed by atoms with E-state index < -0.39 is 11.8 Å². The standard InChI is InChI=1S/C15H20N2O2/c1-10-6-7-13(11(2)8-10)17-15(19)14(18)16-9-12-4-3-5-12/h6-8,12H,3-5,9H2,1-2H3,(H,16,18)(H,17,19). The molecule has 1 aromatic rings. The van der Waals surface area contributed by atoms with Crippen LogP contribution in [0.2, 0.25) is 0 Å². The van der Waals surface area contributed by atoms with Crippen molar-refractivity contribution < 1.29 is 9.59 Å². The van der Waals surface area contributed by atoms with Crippen molar-refractivity contribution in [1.82, 2.24) is 5.32 Å². The Bertz CT molecular complexity index is 493. The molecule has 1 aliphatic rings. The number of aryl methyl sites for hydroxylation is 2. The molecule has 2 N–H and O–H groups in total. The Kier molecular flexibility index (Phi) is 4.20. The second-order valence-electron chi connectivity index (χ2n) is 5.28. The molecule has 4 heteroatoms. The van der Waals surface area contributed by atoms with Crippen molar-refractivity contribution in [3.8, 4) is 0 Å². The molecule has 19 heavy (non-hydrogen) atoms. The van der Waals surface area contributed by atoms with Crippen molar-refractivity contribution in [2.75, 3.05) is 11.9 Å². The zero-order valence-electron chi connectivity index (χ0n) is 11.5. The van der Waals surface area contributed by atoms with E-state index in [0.29, 0.717) is 18.2 Å². The van der Waals surface area contributed by atoms with Crippen LogP contribution >= 0.6 is 0 Å². The molecule has 1 saturated carbocycles. The summed E-state index contributed by atoms with van der Waals surface area (Å²) in [6, 6.07) is 5.71. The summed E-state index contributed by atoms with van der Waals surface area (Å²) in [7, 11) is 0. The molecule has 0 heterocycles. The number of hydrogen-bond donors (Lipinski definition) is 2. The van der Waals surface area contributed by atoms with Gasteiger partial charge in [-0.1, -0.05) is 24.1 Å². The average Bonchev–Trinajstić information content (AvgIpc) is 2.30. The fourth-order valence-corrected chi connectivity index (χ4v) is 2.15. The van der Waals surface area contributed by atoms with Gasteiger partial charge < -0.3 is 10.6 Å². The molecular formula is C15H20N2O2. The quantitative estimate of drug-likeness (QED) is 0.818. The van der Waals surface area contributed by atoms with Crippen molar-refractivity contribution >= 4 is 17.5 Å². The number of anilines is 1. The third kappa shape index (κ3) is 3.56. The average molecular weight is 260 g/mol. The third-order valence-electron chi connectivity index (χ3n) is 3.61. The highest BCUT2D eigenvalue weighted by Gasteiger charge is 2.20. The summed E-state index contributed by atoms with van der Waals surface area (Å²) in [6.45, 7) is 4.51. The first-order valence-electron chi connectivity index (χ1n) is 6.72. The second-order valence-corrected chi connectivity index (χ2v) is 5.28. The van der Waals surface area contributed by atoms with Gasteiger partial charge in [-0.25, -0.2) is 0 Å². The Morgan fingerprint density at radius 2 is 1.95 bits per heavy atom. The van der Waals surface area contributed by atoms with Gasteiger partial charge in [-0.3, -0.25) is 9.59 Å². The first-order valence-corrected chi connectivity index (χ1v) is 6.72. The van der Waals surface area contributed by atoms with Gasteiger partial charge in [0.1, 0.15) is 0 Å². The number of hydrogen-bond acceptors (Lipinski definition) is 2. The van der Waals surface area contributed by atoms with Gasteiger partial charge in [-0.2, -0.15) is 0 Å². The molecule has 1 aromatic carbocycles. The van der Waals surface area contributed by atoms with E-state index >= 15 is 0 Å². The number of carbonyl (C=O) groups excluding carboxylic acids is 2. The van der Waals surface area contributed by atoms with Crippen LogP contribution in [0.15, 0.2) is 18.2 Å². The molecule has 2 rings (SSSR count). The maximum atomic E-state index is 11.7. The number of carbonyl (C=O) groups is 2. The summed E-state index contributed by atoms with van der Waals surface area (Å²) in [5.74, 6) is -0.587. The van der Waals surface area contributed by atoms with Gasteiger partial charge in [-0.15, -0.1) is 0 Å². The Hall–Kier alpha value is -1.84. The predicted molar refractivity (Wildman–Crippen MR) is 74.9 cm³/mol. The van der Waals surface area contributed by atoms with E-state index in [1.165, 1.54) is 6.42 Å². The molecule has 0 spiro atoms. The largest absolute Gasteiger partial charge is 0.348 e. The molecule has 4 nitrogen and oxygen atoms in total. The molecule has 0 radical (unpaired) electrons. The summed E-state index contributed by atoms with van der Waals surface area (Å²) in [6.07, 6.45) is 3.53. The SMILES string of the molecule is Cc1ccc(NC(=O)C(=O)NCC2CCC2)c(C)c1. The van der Waals surface area contributed by atoms with Gasteiger partial charge in [0, 0.05) is 12.2 Å². The highest BCUT2D eigenvalue weighted by molar-refractivity contribution is 6.39. The fourth-order valence-electron chi connectivity index (χ4n) is 2.15. The maximum absolute atomic E-state index is 11.7. The molecule has 0 saturated heterocycles. The van der Waals surface area contributed by atoms with Crippen LogP contribution in [0.4, 0.5) is 5.69 Å². The Balaban J connectivity index is 1.86. The molecule has 0 aliphatic heterocycles. The van der Waals surface area contributed by atoms with E-state index in [1.807, 2.05) is 32.0 Å². The Labute approximate surface area is 113 Å². The lowest BCUT2D eigenvalue weighted by atomic mass is 9.85. The van der Waals surface area contributed by atoms with E-state index in [2.05, 4.69) is 10.6 Å². The molecule has 102 valence electrons. The predicted octanol–water partition coefficient (Wildman–Crippen LogP) is 2.16. The van der Waals surface area contributed by atoms with E-state index in [1.54, 1.807) is 0 Å². The van der Waals surface area contributed by atoms with Crippen LogP contribution in [0.25, 0.3) is 0 Å². The highest BCUT2D eigenvalue weighted by atomic mass is 16.2. The minimum atomic E-state index is -0.591. The van der Waals surface area contributed by atoms with E-state index in [0.717, 1.165) is 24.0 Å². The highest BCUT2D eigenvalue weighted by Crippen LogP contribution is 2.25. The van der Waals surface area contributed by atoms with Gasteiger partial charge in [0.05, 0.1) is 0 Å². The summed E-state index contributed by atoms with van der Waals surface area (Å²) in [5.41, 5.74) is 2.78. The maximum Gasteiger partial charge on any atom is 0.313 e. The molecule has 0 aromatic heterocycles. The molecule has 2 amide bonds. The van der Waals surface area contributed by atoms with Crippen molar-refractivity contribution in [2.24, 2.45) is 5.92 Å². The lowest BCUT2D eigenvalue weighted by molar-refractivity contribution is -0.136. The van der Waals surface area contributed by atoms with E-state index in [9.17, 15) is 9.59 Å². The lowest BCUT2D eigenvalue weighted by Crippen LogP contribution is -2.39. The Morgan fingerprint density at radius 3 is 2.53 bits per heavy atom. The van der Waals surface area contributed by atoms with Gasteiger partial charge in [-0.05, 0) is 44.2 Å². The zero-order chi connectivity index (χ0) is 13.8. The molecule has 0 atom stereocenters. The summed E-state index contributed by atoms with van der Waals surface area (Å²) in [4.78, 5) is 23.4. The fraction of sp³-hybridized carbons (Fsp3) is 0.467. The van der Waals surface area contributed by atoms with Gasteiger partial charge in [0.15, 0.2) is 0 Å². The first-order chi connectivity index (χ1) is 9.06. The van der Waals surface area contributed by atoms with Crippen molar-refractivity contribution in [2.45, 2.75) is 33.1 Å². The Morgan fingerprint density at radius 1 is 1.21 bits per heavy atom. The second kappa shape index (κ2) is 5.87. The van der Waals surface area contributed by atoms with Crippen LogP contribution in [0, 0.1) is 19.8 Å². The topological polar surface area (TPSA) is 58.2 Å². The summed E-state index contributed by atoms with van der Waals surface area (Å²) < 4.78 is 0. The van der Waals surface area contributed by atoms with Crippen molar-refractivity contribution in [3.05, 3.63) is 29.3 Å². The summed E-state index contributed by atoms with van der Waals surface area (Å²) in [5, 5.41) is 5.33. The molecule has 0 unspecified atom stereocenters. The van der Waals surface area contributed by atoms with Crippen LogP contribution in [0.5, 0.6) is 0 Å². The summed E-state index contributed by atoms with van der Waals surface area (Å²) >= 11 is 0. The van der Waals surface area contributed by atoms with E-state index in [4.69, 9.17) is 0 Å². The molecular weight excluding hydrogens is 240 g/mol. The number of nitrogens with one attached hydrogen (secondary N) is 2. The van der Waals surface area contributed by atoms with Crippen LogP contribution in [0.1, 0.15) is 30.4 Å². The van der Waals surface area contributed by atoms with Crippen LogP contribution in [0.3, 0.4) is 0 Å². The first kappa shape index (κ1) is 13.6. The number of rotatable bonds is 3. The monoisotopic (exact) mass is 260 g/mol. The minimum absolute atomic E-state index is 0.549. The van der Waals surface area contributed by atoms with Crippen molar-refractivity contribution in [3.63, 3.8) is 0 Å². The number of benzene rings is 1. The minimum Gasteiger partial charge on any atom is -0.348 e. The van der Waals surface area contributed by atoms with Gasteiger partial charge in [0.2, 0.25) is 0 Å². The van der Waals surface area contributed by atoms with Crippen LogP contribution < -0.4 is 10.6 Å².